The van der Waals surface area contributed by atoms with Gasteiger partial charge in [-0.05, 0) is 0 Å². The summed E-state index contributed by atoms with van der Waals surface area (Å²) in [4.78, 5) is 45.0. The molecule has 12 heteroatoms. The summed E-state index contributed by atoms with van der Waals surface area (Å²) in [6.45, 7) is 2.55. The predicted octanol–water partition coefficient (Wildman–Crippen LogP) is -2.73. The van der Waals surface area contributed by atoms with Crippen LogP contribution in [0.3, 0.4) is 0 Å². The van der Waals surface area contributed by atoms with E-state index in [1.807, 2.05) is 0 Å². The van der Waals surface area contributed by atoms with Gasteiger partial charge < -0.3 is 40.0 Å². The number of aliphatic carboxylic acids is 1. The highest BCUT2D eigenvalue weighted by Crippen LogP contribution is 2.32. The Labute approximate surface area is 154 Å². The molecule has 27 heavy (non-hydrogen) atoms. The number of hydrogen-bond donors (Lipinski definition) is 5. The Morgan fingerprint density at radius 3 is 2.22 bits per heavy atom. The lowest BCUT2D eigenvalue weighted by Gasteiger charge is -2.45. The van der Waals surface area contributed by atoms with Crippen molar-refractivity contribution < 1.29 is 53.8 Å². The zero-order valence-electron chi connectivity index (χ0n) is 14.9. The van der Waals surface area contributed by atoms with Crippen LogP contribution in [0.5, 0.6) is 0 Å². The zero-order chi connectivity index (χ0) is 20.9. The number of ether oxygens (including phenoxy) is 3. The van der Waals surface area contributed by atoms with Crippen LogP contribution in [0.25, 0.3) is 0 Å². The van der Waals surface area contributed by atoms with Crippen LogP contribution in [-0.2, 0) is 33.4 Å². The summed E-state index contributed by atoms with van der Waals surface area (Å²) in [6.07, 6.45) is -7.49. The molecular formula is C15H23NO11. The molecule has 12 nitrogen and oxygen atoms in total. The van der Waals surface area contributed by atoms with Gasteiger partial charge in [-0.25, -0.2) is 4.79 Å². The van der Waals surface area contributed by atoms with Gasteiger partial charge in [0, 0.05) is 20.8 Å². The lowest BCUT2D eigenvalue weighted by molar-refractivity contribution is -0.296. The van der Waals surface area contributed by atoms with Gasteiger partial charge in [-0.15, -0.1) is 0 Å². The Bertz CT molecular complexity index is 594. The smallest absolute Gasteiger partial charge is 0.364 e. The quantitative estimate of drug-likeness (QED) is 0.282. The third-order valence-corrected chi connectivity index (χ3v) is 3.77. The fourth-order valence-electron chi connectivity index (χ4n) is 2.64. The number of nitrogens with one attached hydrogen (secondary N) is 1. The molecular weight excluding hydrogens is 370 g/mol. The maximum absolute atomic E-state index is 11.5. The van der Waals surface area contributed by atoms with E-state index in [0.29, 0.717) is 0 Å². The molecule has 5 N–H and O–H groups in total. The van der Waals surface area contributed by atoms with Crippen LogP contribution >= 0.6 is 0 Å². The summed E-state index contributed by atoms with van der Waals surface area (Å²) in [5, 5.41) is 42.1. The molecule has 0 spiro atoms. The fraction of sp³-hybridized carbons (Fsp3) is 0.733. The summed E-state index contributed by atoms with van der Waals surface area (Å²) in [6, 6.07) is -1.30. The maximum atomic E-state index is 11.5. The van der Waals surface area contributed by atoms with E-state index < -0.39 is 73.1 Å². The third kappa shape index (κ3) is 6.13. The van der Waals surface area contributed by atoms with Gasteiger partial charge in [0.25, 0.3) is 5.79 Å². The Kier molecular flexibility index (Phi) is 7.65. The number of carbonyl (C=O) groups excluding carboxylic acids is 3. The summed E-state index contributed by atoms with van der Waals surface area (Å²) >= 11 is 0. The average Bonchev–Trinajstić information content (AvgIpc) is 2.53. The minimum Gasteiger partial charge on any atom is -0.477 e. The molecule has 3 unspecified atom stereocenters. The first kappa shape index (κ1) is 22.8. The van der Waals surface area contributed by atoms with Gasteiger partial charge in [-0.2, -0.15) is 0 Å². The minimum atomic E-state index is -2.86. The van der Waals surface area contributed by atoms with E-state index in [4.69, 9.17) is 9.47 Å². The lowest BCUT2D eigenvalue weighted by Crippen LogP contribution is -2.68. The van der Waals surface area contributed by atoms with Crippen LogP contribution in [0.4, 0.5) is 0 Å². The summed E-state index contributed by atoms with van der Waals surface area (Å²) in [7, 11) is 0. The number of carboxylic acids is 1. The van der Waals surface area contributed by atoms with Crippen molar-refractivity contribution in [2.45, 2.75) is 63.4 Å². The summed E-state index contributed by atoms with van der Waals surface area (Å²) in [5.41, 5.74) is 0. The Morgan fingerprint density at radius 2 is 1.78 bits per heavy atom. The summed E-state index contributed by atoms with van der Waals surface area (Å²) in [5.74, 6) is -6.90. The van der Waals surface area contributed by atoms with Crippen molar-refractivity contribution in [1.82, 2.24) is 5.32 Å². The maximum Gasteiger partial charge on any atom is 0.364 e. The van der Waals surface area contributed by atoms with Gasteiger partial charge in [-0.3, -0.25) is 14.4 Å². The number of aliphatic hydroxyl groups is 3. The summed E-state index contributed by atoms with van der Waals surface area (Å²) < 4.78 is 14.6. The first-order valence-corrected chi connectivity index (χ1v) is 7.94. The largest absolute Gasteiger partial charge is 0.477 e. The lowest BCUT2D eigenvalue weighted by atomic mass is 9.88. The number of esters is 2. The molecule has 1 fully saturated rings. The zero-order valence-corrected chi connectivity index (χ0v) is 14.9. The van der Waals surface area contributed by atoms with E-state index in [9.17, 15) is 39.6 Å². The van der Waals surface area contributed by atoms with Crippen LogP contribution in [0.1, 0.15) is 27.2 Å². The molecule has 6 atom stereocenters. The second-order valence-electron chi connectivity index (χ2n) is 6.11. The highest BCUT2D eigenvalue weighted by molar-refractivity contribution is 5.76. The van der Waals surface area contributed by atoms with Crippen molar-refractivity contribution in [3.63, 3.8) is 0 Å². The fourth-order valence-corrected chi connectivity index (χ4v) is 2.64. The number of hydrogen-bond acceptors (Lipinski definition) is 10. The minimum absolute atomic E-state index is 0.631. The number of carboxylic acid groups (broad SMARTS) is 1. The van der Waals surface area contributed by atoms with Crippen LogP contribution in [0, 0.1) is 0 Å². The molecule has 1 saturated heterocycles. The molecule has 1 amide bonds. The van der Waals surface area contributed by atoms with Crippen molar-refractivity contribution >= 4 is 23.8 Å². The molecule has 0 aromatic heterocycles. The molecule has 154 valence electrons. The van der Waals surface area contributed by atoms with E-state index in [0.717, 1.165) is 20.8 Å². The number of aliphatic hydroxyl groups excluding tert-OH is 2. The van der Waals surface area contributed by atoms with Gasteiger partial charge >= 0.3 is 17.9 Å². The second-order valence-corrected chi connectivity index (χ2v) is 6.11. The van der Waals surface area contributed by atoms with Gasteiger partial charge in [0.1, 0.15) is 31.0 Å². The molecule has 0 aromatic carbocycles. The molecule has 1 rings (SSSR count). The van der Waals surface area contributed by atoms with Crippen LogP contribution in [-0.4, -0.2) is 87.1 Å². The van der Waals surface area contributed by atoms with Crippen LogP contribution in [0.2, 0.25) is 0 Å². The normalized spacial score (nSPS) is 29.9. The van der Waals surface area contributed by atoms with Crippen LogP contribution in [0.15, 0.2) is 0 Å². The molecule has 1 aliphatic rings. The van der Waals surface area contributed by atoms with E-state index in [2.05, 4.69) is 10.1 Å². The predicted molar refractivity (Wildman–Crippen MR) is 83.9 cm³/mol. The third-order valence-electron chi connectivity index (χ3n) is 3.77. The monoisotopic (exact) mass is 393 g/mol. The van der Waals surface area contributed by atoms with Gasteiger partial charge in [0.15, 0.2) is 0 Å². The van der Waals surface area contributed by atoms with Crippen molar-refractivity contribution in [1.29, 1.82) is 0 Å². The average molecular weight is 393 g/mol. The van der Waals surface area contributed by atoms with Crippen molar-refractivity contribution in [2.24, 2.45) is 0 Å². The highest BCUT2D eigenvalue weighted by atomic mass is 16.7. The van der Waals surface area contributed by atoms with Crippen molar-refractivity contribution in [2.75, 3.05) is 6.61 Å². The van der Waals surface area contributed by atoms with Crippen molar-refractivity contribution in [3.05, 3.63) is 0 Å². The van der Waals surface area contributed by atoms with Gasteiger partial charge in [-0.1, -0.05) is 0 Å². The Hall–Kier alpha value is -2.28. The number of amides is 1. The van der Waals surface area contributed by atoms with E-state index >= 15 is 0 Å². The standard InChI is InChI=1S/C15H23NO11/c1-6(17)16-11-10(26-8(3)19)4-15(24,14(22)23)27-13(11)12(21)9(20)5-25-7(2)18/h9-13,20-21,24H,4-5H2,1-3H3,(H,16,17)(H,22,23)/t9?,10-,11+,12?,13+,15?/m0/s1. The SMILES string of the molecule is CC(=O)N[C@@H]1[C@@H](OC(C)=O)CC(O)(C(=O)O)O[C@H]1C(O)C(O)COC(C)=O. The number of carbonyl (C=O) groups is 4. The topological polar surface area (TPSA) is 189 Å². The first-order valence-electron chi connectivity index (χ1n) is 7.94. The Morgan fingerprint density at radius 1 is 1.19 bits per heavy atom. The van der Waals surface area contributed by atoms with E-state index in [1.54, 1.807) is 0 Å². The van der Waals surface area contributed by atoms with E-state index in [1.165, 1.54) is 0 Å². The molecule has 0 aromatic rings. The molecule has 0 aliphatic carbocycles. The number of rotatable bonds is 7. The highest BCUT2D eigenvalue weighted by Gasteiger charge is 2.55. The van der Waals surface area contributed by atoms with Gasteiger partial charge in [0.2, 0.25) is 5.91 Å². The first-order chi connectivity index (χ1) is 12.4. The van der Waals surface area contributed by atoms with Gasteiger partial charge in [0.05, 0.1) is 12.5 Å². The molecule has 0 radical (unpaired) electrons. The molecule has 0 bridgehead atoms. The molecule has 0 saturated carbocycles. The van der Waals surface area contributed by atoms with Crippen molar-refractivity contribution in [3.8, 4) is 0 Å². The Balaban J connectivity index is 3.20. The molecule has 1 aliphatic heterocycles. The second kappa shape index (κ2) is 9.08. The molecule has 1 heterocycles. The van der Waals surface area contributed by atoms with Crippen LogP contribution < -0.4 is 5.32 Å². The van der Waals surface area contributed by atoms with E-state index in [-0.39, 0.29) is 0 Å².